The number of para-hydroxylation sites is 1. The molecule has 3 rings (SSSR count). The van der Waals surface area contributed by atoms with E-state index in [4.69, 9.17) is 0 Å². The molecule has 1 N–H and O–H groups in total. The highest BCUT2D eigenvalue weighted by atomic mass is 15.6. The minimum atomic E-state index is 0.726. The van der Waals surface area contributed by atoms with Crippen LogP contribution in [0.2, 0.25) is 0 Å². The number of nitrogens with one attached hydrogen (secondary N) is 1. The Bertz CT molecular complexity index is 558. The SMILES string of the molecule is CCn1nnnc1NCc1ccccc1N1CCCC1. The lowest BCUT2D eigenvalue weighted by atomic mass is 10.1. The van der Waals surface area contributed by atoms with Crippen molar-refractivity contribution in [3.8, 4) is 0 Å². The molecule has 0 bridgehead atoms. The lowest BCUT2D eigenvalue weighted by Gasteiger charge is -2.21. The van der Waals surface area contributed by atoms with Gasteiger partial charge in [-0.3, -0.25) is 0 Å². The van der Waals surface area contributed by atoms with E-state index in [1.165, 1.54) is 24.1 Å². The topological polar surface area (TPSA) is 58.9 Å². The first-order valence-corrected chi connectivity index (χ1v) is 7.21. The molecule has 106 valence electrons. The van der Waals surface area contributed by atoms with Crippen molar-refractivity contribution >= 4 is 11.6 Å². The summed E-state index contributed by atoms with van der Waals surface area (Å²) in [7, 11) is 0. The van der Waals surface area contributed by atoms with E-state index in [2.05, 4.69) is 50.0 Å². The van der Waals surface area contributed by atoms with Gasteiger partial charge < -0.3 is 10.2 Å². The predicted octanol–water partition coefficient (Wildman–Crippen LogP) is 1.91. The standard InChI is InChI=1S/C14H20N6/c1-2-20-14(16-17-18-20)15-11-12-7-3-4-8-13(12)19-9-5-6-10-19/h3-4,7-8H,2,5-6,9-11H2,1H3,(H,15,16,18). The average Bonchev–Trinajstić information content (AvgIpc) is 3.16. The van der Waals surface area contributed by atoms with Gasteiger partial charge in [-0.05, 0) is 41.8 Å². The van der Waals surface area contributed by atoms with E-state index in [0.717, 1.165) is 32.1 Å². The van der Waals surface area contributed by atoms with Gasteiger partial charge in [-0.25, -0.2) is 4.68 Å². The monoisotopic (exact) mass is 272 g/mol. The van der Waals surface area contributed by atoms with E-state index >= 15 is 0 Å². The molecule has 6 nitrogen and oxygen atoms in total. The number of aromatic nitrogens is 4. The van der Waals surface area contributed by atoms with Crippen LogP contribution in [0.1, 0.15) is 25.3 Å². The van der Waals surface area contributed by atoms with Crippen LogP contribution in [-0.2, 0) is 13.1 Å². The third-order valence-electron chi connectivity index (χ3n) is 3.71. The molecule has 1 aliphatic rings. The summed E-state index contributed by atoms with van der Waals surface area (Å²) in [6.45, 7) is 5.85. The van der Waals surface area contributed by atoms with Gasteiger partial charge in [0, 0.05) is 31.9 Å². The molecule has 0 amide bonds. The Labute approximate surface area is 118 Å². The van der Waals surface area contributed by atoms with Crippen LogP contribution in [-0.4, -0.2) is 33.3 Å². The van der Waals surface area contributed by atoms with Crippen molar-refractivity contribution in [2.24, 2.45) is 0 Å². The summed E-state index contributed by atoms with van der Waals surface area (Å²) in [4.78, 5) is 2.46. The van der Waals surface area contributed by atoms with Crippen LogP contribution >= 0.6 is 0 Å². The Balaban J connectivity index is 1.74. The van der Waals surface area contributed by atoms with Gasteiger partial charge in [0.25, 0.3) is 0 Å². The van der Waals surface area contributed by atoms with E-state index in [1.54, 1.807) is 4.68 Å². The third-order valence-corrected chi connectivity index (χ3v) is 3.71. The molecule has 0 spiro atoms. The maximum absolute atomic E-state index is 4.01. The van der Waals surface area contributed by atoms with E-state index in [9.17, 15) is 0 Å². The molecule has 0 radical (unpaired) electrons. The number of nitrogens with zero attached hydrogens (tertiary/aromatic N) is 5. The molecule has 6 heteroatoms. The second-order valence-corrected chi connectivity index (χ2v) is 4.99. The summed E-state index contributed by atoms with van der Waals surface area (Å²) >= 11 is 0. The highest BCUT2D eigenvalue weighted by molar-refractivity contribution is 5.55. The molecule has 2 heterocycles. The first-order valence-electron chi connectivity index (χ1n) is 7.21. The molecular weight excluding hydrogens is 252 g/mol. The van der Waals surface area contributed by atoms with Crippen molar-refractivity contribution in [3.05, 3.63) is 29.8 Å². The maximum Gasteiger partial charge on any atom is 0.243 e. The number of rotatable bonds is 5. The molecule has 0 saturated carbocycles. The molecule has 0 atom stereocenters. The minimum Gasteiger partial charge on any atom is -0.371 e. The Morgan fingerprint density at radius 3 is 2.80 bits per heavy atom. The number of aryl methyl sites for hydroxylation is 1. The maximum atomic E-state index is 4.01. The first-order chi connectivity index (χ1) is 9.88. The molecule has 1 fully saturated rings. The van der Waals surface area contributed by atoms with Gasteiger partial charge in [0.1, 0.15) is 0 Å². The van der Waals surface area contributed by atoms with Gasteiger partial charge in [0.2, 0.25) is 5.95 Å². The smallest absolute Gasteiger partial charge is 0.243 e. The number of tetrazole rings is 1. The van der Waals surface area contributed by atoms with Crippen molar-refractivity contribution in [3.63, 3.8) is 0 Å². The number of hydrogen-bond donors (Lipinski definition) is 1. The second kappa shape index (κ2) is 5.90. The van der Waals surface area contributed by atoms with Crippen molar-refractivity contribution in [1.29, 1.82) is 0 Å². The fraction of sp³-hybridized carbons (Fsp3) is 0.500. The minimum absolute atomic E-state index is 0.726. The van der Waals surface area contributed by atoms with Gasteiger partial charge in [0.15, 0.2) is 0 Å². The molecular formula is C14H20N6. The Morgan fingerprint density at radius 1 is 1.20 bits per heavy atom. The molecule has 1 saturated heterocycles. The van der Waals surface area contributed by atoms with Gasteiger partial charge in [-0.2, -0.15) is 0 Å². The molecule has 0 unspecified atom stereocenters. The molecule has 1 aromatic heterocycles. The molecule has 1 aliphatic heterocycles. The largest absolute Gasteiger partial charge is 0.371 e. The first kappa shape index (κ1) is 12.9. The van der Waals surface area contributed by atoms with Crippen molar-refractivity contribution in [2.75, 3.05) is 23.3 Å². The lowest BCUT2D eigenvalue weighted by Crippen LogP contribution is -2.20. The summed E-state index contributed by atoms with van der Waals surface area (Å²) in [5.41, 5.74) is 2.62. The number of anilines is 2. The molecule has 1 aromatic carbocycles. The van der Waals surface area contributed by atoms with Crippen molar-refractivity contribution in [1.82, 2.24) is 20.2 Å². The van der Waals surface area contributed by atoms with Gasteiger partial charge in [-0.1, -0.05) is 23.3 Å². The van der Waals surface area contributed by atoms with Crippen molar-refractivity contribution < 1.29 is 0 Å². The summed E-state index contributed by atoms with van der Waals surface area (Å²) in [6, 6.07) is 8.55. The molecule has 20 heavy (non-hydrogen) atoms. The number of benzene rings is 1. The average molecular weight is 272 g/mol. The zero-order valence-corrected chi connectivity index (χ0v) is 11.8. The van der Waals surface area contributed by atoms with E-state index < -0.39 is 0 Å². The van der Waals surface area contributed by atoms with Gasteiger partial charge in [0.05, 0.1) is 0 Å². The fourth-order valence-electron chi connectivity index (χ4n) is 2.65. The third kappa shape index (κ3) is 2.59. The summed E-state index contributed by atoms with van der Waals surface area (Å²) in [6.07, 6.45) is 2.58. The van der Waals surface area contributed by atoms with Crippen LogP contribution in [0.5, 0.6) is 0 Å². The van der Waals surface area contributed by atoms with E-state index in [1.807, 2.05) is 6.92 Å². The normalized spacial score (nSPS) is 14.8. The van der Waals surface area contributed by atoms with Crippen LogP contribution in [0.15, 0.2) is 24.3 Å². The van der Waals surface area contributed by atoms with Crippen LogP contribution in [0.25, 0.3) is 0 Å². The zero-order chi connectivity index (χ0) is 13.8. The fourth-order valence-corrected chi connectivity index (χ4v) is 2.65. The summed E-state index contributed by atoms with van der Waals surface area (Å²) < 4.78 is 1.76. The predicted molar refractivity (Wildman–Crippen MR) is 78.7 cm³/mol. The van der Waals surface area contributed by atoms with Crippen molar-refractivity contribution in [2.45, 2.75) is 32.9 Å². The second-order valence-electron chi connectivity index (χ2n) is 4.99. The highest BCUT2D eigenvalue weighted by Gasteiger charge is 2.15. The van der Waals surface area contributed by atoms with E-state index in [0.29, 0.717) is 0 Å². The van der Waals surface area contributed by atoms with Crippen LogP contribution in [0, 0.1) is 0 Å². The van der Waals surface area contributed by atoms with E-state index in [-0.39, 0.29) is 0 Å². The molecule has 2 aromatic rings. The lowest BCUT2D eigenvalue weighted by molar-refractivity contribution is 0.629. The molecule has 0 aliphatic carbocycles. The Kier molecular flexibility index (Phi) is 3.80. The summed E-state index contributed by atoms with van der Waals surface area (Å²) in [5.74, 6) is 0.726. The summed E-state index contributed by atoms with van der Waals surface area (Å²) in [5, 5.41) is 15.0. The zero-order valence-electron chi connectivity index (χ0n) is 11.8. The Hall–Kier alpha value is -2.11. The van der Waals surface area contributed by atoms with Gasteiger partial charge >= 0.3 is 0 Å². The van der Waals surface area contributed by atoms with Crippen LogP contribution in [0.3, 0.4) is 0 Å². The van der Waals surface area contributed by atoms with Crippen LogP contribution in [0.4, 0.5) is 11.6 Å². The van der Waals surface area contributed by atoms with Gasteiger partial charge in [-0.15, -0.1) is 0 Å². The number of hydrogen-bond acceptors (Lipinski definition) is 5. The van der Waals surface area contributed by atoms with Crippen LogP contribution < -0.4 is 10.2 Å². The highest BCUT2D eigenvalue weighted by Crippen LogP contribution is 2.24. The quantitative estimate of drug-likeness (QED) is 0.901. The Morgan fingerprint density at radius 2 is 2.00 bits per heavy atom.